The second kappa shape index (κ2) is 9.32. The molecule has 1 amide bonds. The molecule has 6 nitrogen and oxygen atoms in total. The summed E-state index contributed by atoms with van der Waals surface area (Å²) in [5.74, 6) is 1.23. The van der Waals surface area contributed by atoms with E-state index >= 15 is 0 Å². The molecule has 1 aliphatic carbocycles. The normalized spacial score (nSPS) is 14.1. The molecule has 132 valence electrons. The molecule has 1 aromatic carbocycles. The molecule has 0 radical (unpaired) electrons. The van der Waals surface area contributed by atoms with Gasteiger partial charge in [-0.25, -0.2) is 0 Å². The van der Waals surface area contributed by atoms with Crippen molar-refractivity contribution in [2.24, 2.45) is 0 Å². The van der Waals surface area contributed by atoms with Gasteiger partial charge in [0.25, 0.3) is 0 Å². The van der Waals surface area contributed by atoms with Crippen LogP contribution in [0.3, 0.4) is 0 Å². The number of benzene rings is 1. The van der Waals surface area contributed by atoms with Gasteiger partial charge < -0.3 is 14.8 Å². The van der Waals surface area contributed by atoms with Gasteiger partial charge in [-0.1, -0.05) is 18.9 Å². The Hall–Kier alpha value is -2.02. The Morgan fingerprint density at radius 3 is 2.54 bits per heavy atom. The van der Waals surface area contributed by atoms with Crippen LogP contribution in [0.2, 0.25) is 0 Å². The number of ether oxygens (including phenoxy) is 2. The molecule has 0 unspecified atom stereocenters. The van der Waals surface area contributed by atoms with Gasteiger partial charge in [0.05, 0.1) is 14.2 Å². The summed E-state index contributed by atoms with van der Waals surface area (Å²) in [5, 5.41) is 3.68. The second-order valence-corrected chi connectivity index (χ2v) is 6.23. The van der Waals surface area contributed by atoms with Crippen LogP contribution in [0.25, 0.3) is 0 Å². The van der Waals surface area contributed by atoms with Crippen LogP contribution in [0.15, 0.2) is 18.2 Å². The zero-order chi connectivity index (χ0) is 17.4. The fourth-order valence-electron chi connectivity index (χ4n) is 2.77. The summed E-state index contributed by atoms with van der Waals surface area (Å²) >= 11 is 5.18. The van der Waals surface area contributed by atoms with Crippen molar-refractivity contribution in [3.05, 3.63) is 23.8 Å². The maximum Gasteiger partial charge on any atom is 0.238 e. The van der Waals surface area contributed by atoms with Gasteiger partial charge in [-0.2, -0.15) is 0 Å². The van der Waals surface area contributed by atoms with Crippen LogP contribution in [0.5, 0.6) is 11.5 Å². The molecule has 24 heavy (non-hydrogen) atoms. The molecule has 1 aromatic rings. The van der Waals surface area contributed by atoms with Gasteiger partial charge in [0.15, 0.2) is 16.6 Å². The van der Waals surface area contributed by atoms with Gasteiger partial charge in [-0.3, -0.25) is 15.6 Å². The zero-order valence-corrected chi connectivity index (χ0v) is 15.0. The molecular formula is C17H25N3O3S. The lowest BCUT2D eigenvalue weighted by Crippen LogP contribution is -2.49. The van der Waals surface area contributed by atoms with E-state index in [1.165, 1.54) is 12.8 Å². The number of aryl methyl sites for hydroxylation is 1. The number of methoxy groups -OCH3 is 2. The fraction of sp³-hybridized carbons (Fsp3) is 0.529. The van der Waals surface area contributed by atoms with E-state index in [1.54, 1.807) is 14.2 Å². The molecule has 1 fully saturated rings. The summed E-state index contributed by atoms with van der Waals surface area (Å²) in [5.41, 5.74) is 6.40. The van der Waals surface area contributed by atoms with Gasteiger partial charge in [0, 0.05) is 12.5 Å². The number of carbonyl (C=O) groups is 1. The highest BCUT2D eigenvalue weighted by Gasteiger charge is 2.15. The predicted molar refractivity (Wildman–Crippen MR) is 97.1 cm³/mol. The lowest BCUT2D eigenvalue weighted by Gasteiger charge is -2.16. The maximum absolute atomic E-state index is 11.9. The van der Waals surface area contributed by atoms with Gasteiger partial charge in [0.2, 0.25) is 5.91 Å². The quantitative estimate of drug-likeness (QED) is 0.538. The topological polar surface area (TPSA) is 71.6 Å². The van der Waals surface area contributed by atoms with Crippen molar-refractivity contribution in [3.8, 4) is 11.5 Å². The molecule has 0 aromatic heterocycles. The summed E-state index contributed by atoms with van der Waals surface area (Å²) in [4.78, 5) is 11.9. The van der Waals surface area contributed by atoms with Crippen molar-refractivity contribution in [2.75, 3.05) is 14.2 Å². The van der Waals surface area contributed by atoms with E-state index in [1.807, 2.05) is 18.2 Å². The molecule has 3 N–H and O–H groups in total. The van der Waals surface area contributed by atoms with Crippen LogP contribution < -0.4 is 25.6 Å². The Morgan fingerprint density at radius 1 is 1.17 bits per heavy atom. The molecule has 7 heteroatoms. The molecule has 1 aliphatic rings. The predicted octanol–water partition coefficient (Wildman–Crippen LogP) is 2.07. The highest BCUT2D eigenvalue weighted by atomic mass is 32.1. The fourth-order valence-corrected chi connectivity index (χ4v) is 2.99. The van der Waals surface area contributed by atoms with Crippen molar-refractivity contribution in [3.63, 3.8) is 0 Å². The maximum atomic E-state index is 11.9. The lowest BCUT2D eigenvalue weighted by atomic mass is 10.1. The number of carbonyl (C=O) groups excluding carboxylic acids is 1. The summed E-state index contributed by atoms with van der Waals surface area (Å²) in [6.45, 7) is 0. The summed E-state index contributed by atoms with van der Waals surface area (Å²) < 4.78 is 10.5. The number of amides is 1. The van der Waals surface area contributed by atoms with E-state index in [0.29, 0.717) is 35.5 Å². The summed E-state index contributed by atoms with van der Waals surface area (Å²) in [7, 11) is 3.19. The monoisotopic (exact) mass is 351 g/mol. The number of thiocarbonyl (C=S) groups is 1. The third kappa shape index (κ3) is 5.56. The third-order valence-electron chi connectivity index (χ3n) is 4.09. The van der Waals surface area contributed by atoms with E-state index < -0.39 is 0 Å². The average Bonchev–Trinajstić information content (AvgIpc) is 3.10. The minimum absolute atomic E-state index is 0.111. The van der Waals surface area contributed by atoms with E-state index in [4.69, 9.17) is 21.7 Å². The van der Waals surface area contributed by atoms with Crippen LogP contribution >= 0.6 is 12.2 Å². The van der Waals surface area contributed by atoms with E-state index in [-0.39, 0.29) is 5.91 Å². The standard InChI is InChI=1S/C17H25N3O3S/c1-22-14-9-7-12(11-15(14)23-2)8-10-16(21)19-20-17(24)18-13-5-3-4-6-13/h7,9,11,13H,3-6,8,10H2,1-2H3,(H,19,21)(H2,18,20,24). The number of hydrogen-bond donors (Lipinski definition) is 3. The van der Waals surface area contributed by atoms with Crippen molar-refractivity contribution in [1.29, 1.82) is 0 Å². The molecule has 0 saturated heterocycles. The van der Waals surface area contributed by atoms with Gasteiger partial charge >= 0.3 is 0 Å². The first-order valence-electron chi connectivity index (χ1n) is 8.18. The second-order valence-electron chi connectivity index (χ2n) is 5.82. The highest BCUT2D eigenvalue weighted by molar-refractivity contribution is 7.80. The number of hydrogen-bond acceptors (Lipinski definition) is 4. The highest BCUT2D eigenvalue weighted by Crippen LogP contribution is 2.27. The van der Waals surface area contributed by atoms with Crippen LogP contribution in [-0.4, -0.2) is 31.3 Å². The molecule has 2 rings (SSSR count). The Morgan fingerprint density at radius 2 is 1.88 bits per heavy atom. The van der Waals surface area contributed by atoms with Gasteiger partial charge in [-0.05, 0) is 49.2 Å². The molecule has 0 spiro atoms. The van der Waals surface area contributed by atoms with E-state index in [2.05, 4.69) is 16.2 Å². The first kappa shape index (κ1) is 18.3. The first-order valence-corrected chi connectivity index (χ1v) is 8.59. The SMILES string of the molecule is COc1ccc(CCC(=O)NNC(=S)NC2CCCC2)cc1OC. The summed E-state index contributed by atoms with van der Waals surface area (Å²) in [6.07, 6.45) is 5.70. The zero-order valence-electron chi connectivity index (χ0n) is 14.2. The number of hydrazine groups is 1. The minimum atomic E-state index is -0.111. The van der Waals surface area contributed by atoms with Crippen molar-refractivity contribution in [1.82, 2.24) is 16.2 Å². The Labute approximate surface area is 148 Å². The molecule has 0 atom stereocenters. The van der Waals surface area contributed by atoms with Gasteiger partial charge in [0.1, 0.15) is 0 Å². The lowest BCUT2D eigenvalue weighted by molar-refractivity contribution is -0.121. The molecule has 0 aliphatic heterocycles. The van der Waals surface area contributed by atoms with Crippen LogP contribution in [-0.2, 0) is 11.2 Å². The molecule has 1 saturated carbocycles. The first-order chi connectivity index (χ1) is 11.6. The average molecular weight is 351 g/mol. The Kier molecular flexibility index (Phi) is 7.11. The number of rotatable bonds is 6. The molecule has 0 bridgehead atoms. The van der Waals surface area contributed by atoms with Crippen LogP contribution in [0.1, 0.15) is 37.7 Å². The molecule has 0 heterocycles. The number of nitrogens with one attached hydrogen (secondary N) is 3. The Balaban J connectivity index is 1.71. The van der Waals surface area contributed by atoms with Crippen molar-refractivity contribution < 1.29 is 14.3 Å². The minimum Gasteiger partial charge on any atom is -0.493 e. The van der Waals surface area contributed by atoms with E-state index in [0.717, 1.165) is 18.4 Å². The smallest absolute Gasteiger partial charge is 0.238 e. The van der Waals surface area contributed by atoms with Crippen LogP contribution in [0.4, 0.5) is 0 Å². The third-order valence-corrected chi connectivity index (χ3v) is 4.31. The van der Waals surface area contributed by atoms with Crippen LogP contribution in [0, 0.1) is 0 Å². The largest absolute Gasteiger partial charge is 0.493 e. The Bertz CT molecular complexity index is 574. The van der Waals surface area contributed by atoms with E-state index in [9.17, 15) is 4.79 Å². The molecular weight excluding hydrogens is 326 g/mol. The summed E-state index contributed by atoms with van der Waals surface area (Å²) in [6, 6.07) is 6.07. The van der Waals surface area contributed by atoms with Crippen molar-refractivity contribution in [2.45, 2.75) is 44.6 Å². The van der Waals surface area contributed by atoms with Gasteiger partial charge in [-0.15, -0.1) is 0 Å². The van der Waals surface area contributed by atoms with Crippen molar-refractivity contribution >= 4 is 23.2 Å².